The third-order valence-corrected chi connectivity index (χ3v) is 7.21. The van der Waals surface area contributed by atoms with E-state index in [1.807, 2.05) is 60.7 Å². The maximum Gasteiger partial charge on any atom is 0.407 e. The molecule has 0 bridgehead atoms. The SMILES string of the molecule is COc1ccccc1C(=O)NCC1(c2ccccc2)CCC(OC(=O)NCC(=O)NCc2ccccc2)CC1. The zero-order valence-corrected chi connectivity index (χ0v) is 22.2. The van der Waals surface area contributed by atoms with Crippen molar-refractivity contribution < 1.29 is 23.9 Å². The van der Waals surface area contributed by atoms with Crippen molar-refractivity contribution in [1.82, 2.24) is 16.0 Å². The van der Waals surface area contributed by atoms with Crippen LogP contribution >= 0.6 is 0 Å². The summed E-state index contributed by atoms with van der Waals surface area (Å²) in [6, 6.07) is 26.8. The second-order valence-electron chi connectivity index (χ2n) is 9.75. The summed E-state index contributed by atoms with van der Waals surface area (Å²) in [6.45, 7) is 0.698. The number of nitrogens with one attached hydrogen (secondary N) is 3. The Hall–Kier alpha value is -4.33. The van der Waals surface area contributed by atoms with Crippen LogP contribution in [0, 0.1) is 0 Å². The van der Waals surface area contributed by atoms with Crippen LogP contribution < -0.4 is 20.7 Å². The molecule has 0 unspecified atom stereocenters. The van der Waals surface area contributed by atoms with E-state index in [4.69, 9.17) is 9.47 Å². The van der Waals surface area contributed by atoms with Gasteiger partial charge in [-0.05, 0) is 48.9 Å². The first-order valence-electron chi connectivity index (χ1n) is 13.2. The van der Waals surface area contributed by atoms with Crippen LogP contribution in [-0.2, 0) is 21.5 Å². The molecule has 0 spiro atoms. The highest BCUT2D eigenvalue weighted by atomic mass is 16.6. The van der Waals surface area contributed by atoms with Gasteiger partial charge in [-0.2, -0.15) is 0 Å². The summed E-state index contributed by atoms with van der Waals surface area (Å²) in [7, 11) is 1.55. The van der Waals surface area contributed by atoms with E-state index >= 15 is 0 Å². The maximum atomic E-state index is 13.0. The fourth-order valence-electron chi connectivity index (χ4n) is 5.00. The van der Waals surface area contributed by atoms with Crippen molar-refractivity contribution in [2.45, 2.75) is 43.7 Å². The van der Waals surface area contributed by atoms with E-state index in [1.165, 1.54) is 0 Å². The summed E-state index contributed by atoms with van der Waals surface area (Å²) in [4.78, 5) is 37.5. The number of amides is 3. The molecular weight excluding hydrogens is 494 g/mol. The summed E-state index contributed by atoms with van der Waals surface area (Å²) in [5, 5.41) is 8.43. The van der Waals surface area contributed by atoms with Gasteiger partial charge < -0.3 is 25.4 Å². The van der Waals surface area contributed by atoms with Gasteiger partial charge in [-0.3, -0.25) is 9.59 Å². The van der Waals surface area contributed by atoms with Gasteiger partial charge in [0.15, 0.2) is 0 Å². The van der Waals surface area contributed by atoms with Crippen LogP contribution in [0.15, 0.2) is 84.9 Å². The molecule has 0 radical (unpaired) electrons. The Balaban J connectivity index is 1.29. The molecule has 4 rings (SSSR count). The molecule has 3 N–H and O–H groups in total. The smallest absolute Gasteiger partial charge is 0.407 e. The largest absolute Gasteiger partial charge is 0.496 e. The number of benzene rings is 3. The number of ether oxygens (including phenoxy) is 2. The van der Waals surface area contributed by atoms with Gasteiger partial charge >= 0.3 is 6.09 Å². The zero-order chi connectivity index (χ0) is 27.5. The van der Waals surface area contributed by atoms with E-state index < -0.39 is 6.09 Å². The van der Waals surface area contributed by atoms with Crippen LogP contribution in [0.1, 0.15) is 47.2 Å². The second kappa shape index (κ2) is 13.5. The predicted molar refractivity (Wildman–Crippen MR) is 148 cm³/mol. The molecule has 8 heteroatoms. The van der Waals surface area contributed by atoms with Crippen LogP contribution in [0.25, 0.3) is 0 Å². The molecule has 3 aromatic rings. The monoisotopic (exact) mass is 529 g/mol. The quantitative estimate of drug-likeness (QED) is 0.362. The van der Waals surface area contributed by atoms with Crippen LogP contribution in [0.5, 0.6) is 5.75 Å². The van der Waals surface area contributed by atoms with Crippen molar-refractivity contribution in [2.75, 3.05) is 20.2 Å². The highest BCUT2D eigenvalue weighted by Crippen LogP contribution is 2.40. The van der Waals surface area contributed by atoms with Crippen LogP contribution in [0.3, 0.4) is 0 Å². The molecule has 3 aromatic carbocycles. The molecule has 3 amide bonds. The van der Waals surface area contributed by atoms with E-state index in [9.17, 15) is 14.4 Å². The first-order valence-corrected chi connectivity index (χ1v) is 13.2. The van der Waals surface area contributed by atoms with Crippen molar-refractivity contribution in [3.8, 4) is 5.75 Å². The number of para-hydroxylation sites is 1. The van der Waals surface area contributed by atoms with E-state index in [0.29, 0.717) is 37.2 Å². The van der Waals surface area contributed by atoms with Crippen LogP contribution in [-0.4, -0.2) is 44.2 Å². The summed E-state index contributed by atoms with van der Waals surface area (Å²) in [5.41, 5.74) is 2.33. The summed E-state index contributed by atoms with van der Waals surface area (Å²) < 4.78 is 11.0. The van der Waals surface area contributed by atoms with Gasteiger partial charge in [-0.1, -0.05) is 72.8 Å². The molecule has 0 aliphatic heterocycles. The van der Waals surface area contributed by atoms with Crippen molar-refractivity contribution in [3.63, 3.8) is 0 Å². The van der Waals surface area contributed by atoms with Crippen molar-refractivity contribution in [2.24, 2.45) is 0 Å². The molecule has 1 aliphatic carbocycles. The van der Waals surface area contributed by atoms with Crippen LogP contribution in [0.4, 0.5) is 4.79 Å². The molecule has 0 aromatic heterocycles. The highest BCUT2D eigenvalue weighted by molar-refractivity contribution is 5.97. The maximum absolute atomic E-state index is 13.0. The lowest BCUT2D eigenvalue weighted by Gasteiger charge is -2.40. The predicted octanol–water partition coefficient (Wildman–Crippen LogP) is 4.35. The fraction of sp³-hybridized carbons (Fsp3) is 0.323. The lowest BCUT2D eigenvalue weighted by Crippen LogP contribution is -2.45. The third-order valence-electron chi connectivity index (χ3n) is 7.21. The fourth-order valence-corrected chi connectivity index (χ4v) is 5.00. The zero-order valence-electron chi connectivity index (χ0n) is 22.2. The number of hydrogen-bond donors (Lipinski definition) is 3. The standard InChI is InChI=1S/C31H35N3O5/c1-38-27-15-9-8-14-26(27)29(36)34-22-31(24-12-6-3-7-13-24)18-16-25(17-19-31)39-30(37)33-21-28(35)32-20-23-10-4-2-5-11-23/h2-15,25H,16-22H2,1H3,(H,32,35)(H,33,37)(H,34,36). The van der Waals surface area contributed by atoms with Gasteiger partial charge in [0.25, 0.3) is 5.91 Å². The lowest BCUT2D eigenvalue weighted by atomic mass is 9.68. The van der Waals surface area contributed by atoms with Gasteiger partial charge in [-0.25, -0.2) is 4.79 Å². The van der Waals surface area contributed by atoms with Gasteiger partial charge in [0.05, 0.1) is 12.7 Å². The number of alkyl carbamates (subject to hydrolysis) is 1. The third kappa shape index (κ3) is 7.60. The van der Waals surface area contributed by atoms with Gasteiger partial charge in [0.2, 0.25) is 5.91 Å². The Morgan fingerprint density at radius 2 is 1.46 bits per heavy atom. The summed E-state index contributed by atoms with van der Waals surface area (Å²) >= 11 is 0. The molecule has 39 heavy (non-hydrogen) atoms. The molecule has 1 aliphatic rings. The van der Waals surface area contributed by atoms with Crippen LogP contribution in [0.2, 0.25) is 0 Å². The van der Waals surface area contributed by atoms with E-state index in [0.717, 1.165) is 24.0 Å². The van der Waals surface area contributed by atoms with Crippen molar-refractivity contribution in [1.29, 1.82) is 0 Å². The molecule has 0 atom stereocenters. The first kappa shape index (κ1) is 27.7. The molecule has 204 valence electrons. The highest BCUT2D eigenvalue weighted by Gasteiger charge is 2.38. The Bertz CT molecular complexity index is 1240. The minimum atomic E-state index is -0.605. The van der Waals surface area contributed by atoms with Gasteiger partial charge in [0, 0.05) is 18.5 Å². The molecule has 0 heterocycles. The minimum Gasteiger partial charge on any atom is -0.496 e. The van der Waals surface area contributed by atoms with Gasteiger partial charge in [0.1, 0.15) is 18.4 Å². The number of carbonyl (C=O) groups is 3. The topological polar surface area (TPSA) is 106 Å². The number of rotatable bonds is 10. The number of carbonyl (C=O) groups excluding carboxylic acids is 3. The summed E-state index contributed by atoms with van der Waals surface area (Å²) in [6.07, 6.45) is 1.89. The van der Waals surface area contributed by atoms with E-state index in [1.54, 1.807) is 19.2 Å². The summed E-state index contributed by atoms with van der Waals surface area (Å²) in [5.74, 6) is 0.0556. The average Bonchev–Trinajstić information content (AvgIpc) is 2.99. The van der Waals surface area contributed by atoms with Crippen molar-refractivity contribution in [3.05, 3.63) is 102 Å². The second-order valence-corrected chi connectivity index (χ2v) is 9.75. The minimum absolute atomic E-state index is 0.151. The Kier molecular flexibility index (Phi) is 9.56. The number of methoxy groups -OCH3 is 1. The van der Waals surface area contributed by atoms with Crippen molar-refractivity contribution >= 4 is 17.9 Å². The molecule has 1 saturated carbocycles. The Morgan fingerprint density at radius 3 is 2.15 bits per heavy atom. The normalized spacial score (nSPS) is 18.4. The average molecular weight is 530 g/mol. The Labute approximate surface area is 229 Å². The first-order chi connectivity index (χ1) is 19.0. The Morgan fingerprint density at radius 1 is 0.821 bits per heavy atom. The molecule has 1 fully saturated rings. The molecular formula is C31H35N3O5. The number of hydrogen-bond acceptors (Lipinski definition) is 5. The van der Waals surface area contributed by atoms with E-state index in [-0.39, 0.29) is 29.9 Å². The van der Waals surface area contributed by atoms with E-state index in [2.05, 4.69) is 28.1 Å². The van der Waals surface area contributed by atoms with Gasteiger partial charge in [-0.15, -0.1) is 0 Å². The molecule has 0 saturated heterocycles. The molecule has 8 nitrogen and oxygen atoms in total. The lowest BCUT2D eigenvalue weighted by molar-refractivity contribution is -0.120.